The number of aliphatic carboxylic acids is 1. The summed E-state index contributed by atoms with van der Waals surface area (Å²) in [6.45, 7) is 3.68. The highest BCUT2D eigenvalue weighted by molar-refractivity contribution is 7.80. The number of thiol groups is 1. The molecule has 196 valence electrons. The van der Waals surface area contributed by atoms with Crippen LogP contribution in [0.3, 0.4) is 0 Å². The van der Waals surface area contributed by atoms with Gasteiger partial charge in [-0.25, -0.2) is 9.78 Å². The summed E-state index contributed by atoms with van der Waals surface area (Å²) in [6, 6.07) is 5.03. The Kier molecular flexibility index (Phi) is 11.4. The fraction of sp³-hybridized carbons (Fsp3) is 0.458. The van der Waals surface area contributed by atoms with Crippen LogP contribution < -0.4 is 21.7 Å². The van der Waals surface area contributed by atoms with Gasteiger partial charge in [-0.1, -0.05) is 44.2 Å². The molecule has 0 radical (unpaired) electrons. The van der Waals surface area contributed by atoms with E-state index in [1.54, 1.807) is 0 Å². The van der Waals surface area contributed by atoms with Crippen LogP contribution in [0.15, 0.2) is 42.9 Å². The molecule has 3 amide bonds. The SMILES string of the molecule is CC(C)CC(NC(=O)C(Cc1cnc[nH]1)NC(=O)C(CS)NC(=O)C(N)Cc1ccccc1)C(=O)O. The van der Waals surface area contributed by atoms with Crippen molar-refractivity contribution in [3.8, 4) is 0 Å². The van der Waals surface area contributed by atoms with Crippen LogP contribution in [-0.4, -0.2) is 68.7 Å². The second-order valence-electron chi connectivity index (χ2n) is 8.91. The molecule has 12 heteroatoms. The fourth-order valence-corrected chi connectivity index (χ4v) is 3.75. The van der Waals surface area contributed by atoms with Crippen molar-refractivity contribution in [3.05, 3.63) is 54.1 Å². The van der Waals surface area contributed by atoms with E-state index in [4.69, 9.17) is 5.73 Å². The van der Waals surface area contributed by atoms with E-state index >= 15 is 0 Å². The number of hydrogen-bond acceptors (Lipinski definition) is 7. The first-order valence-corrected chi connectivity index (χ1v) is 12.3. The van der Waals surface area contributed by atoms with Gasteiger partial charge in [0.25, 0.3) is 0 Å². The number of carboxylic acid groups (broad SMARTS) is 1. The maximum atomic E-state index is 13.0. The van der Waals surface area contributed by atoms with Gasteiger partial charge in [0.15, 0.2) is 0 Å². The van der Waals surface area contributed by atoms with Gasteiger partial charge in [0.2, 0.25) is 17.7 Å². The van der Waals surface area contributed by atoms with E-state index < -0.39 is 47.9 Å². The number of nitrogens with zero attached hydrogens (tertiary/aromatic N) is 1. The molecule has 0 saturated carbocycles. The summed E-state index contributed by atoms with van der Waals surface area (Å²) in [5.74, 6) is -3.05. The molecule has 1 aromatic heterocycles. The fourth-order valence-electron chi connectivity index (χ4n) is 3.50. The molecule has 0 aliphatic rings. The zero-order valence-electron chi connectivity index (χ0n) is 20.3. The second-order valence-corrected chi connectivity index (χ2v) is 9.28. The zero-order valence-corrected chi connectivity index (χ0v) is 21.2. The Balaban J connectivity index is 2.08. The average molecular weight is 519 g/mol. The molecular formula is C24H34N6O5S. The Morgan fingerprint density at radius 2 is 1.58 bits per heavy atom. The molecule has 7 N–H and O–H groups in total. The third kappa shape index (κ3) is 9.34. The van der Waals surface area contributed by atoms with Crippen LogP contribution in [0.25, 0.3) is 0 Å². The summed E-state index contributed by atoms with van der Waals surface area (Å²) in [5.41, 5.74) is 7.45. The van der Waals surface area contributed by atoms with Gasteiger partial charge < -0.3 is 31.8 Å². The van der Waals surface area contributed by atoms with Crippen LogP contribution in [0.4, 0.5) is 0 Å². The number of carboxylic acids is 1. The highest BCUT2D eigenvalue weighted by Crippen LogP contribution is 2.07. The number of imidazole rings is 1. The van der Waals surface area contributed by atoms with Crippen molar-refractivity contribution in [3.63, 3.8) is 0 Å². The summed E-state index contributed by atoms with van der Waals surface area (Å²) in [5, 5.41) is 17.2. The number of aromatic amines is 1. The molecule has 4 unspecified atom stereocenters. The number of benzene rings is 1. The standard InChI is InChI=1S/C24H34N6O5S/c1-14(2)8-19(24(34)35)29-22(32)18(10-16-11-26-13-27-16)28-23(33)20(12-36)30-21(31)17(25)9-15-6-4-3-5-7-15/h3-7,11,13-14,17-20,36H,8-10,12,25H2,1-2H3,(H,26,27)(H,28,33)(H,29,32)(H,30,31)(H,34,35). The molecule has 11 nitrogen and oxygen atoms in total. The molecule has 0 aliphatic carbocycles. The van der Waals surface area contributed by atoms with Crippen molar-refractivity contribution in [2.24, 2.45) is 11.7 Å². The summed E-state index contributed by atoms with van der Waals surface area (Å²) in [7, 11) is 0. The van der Waals surface area contributed by atoms with Gasteiger partial charge in [-0.05, 0) is 24.3 Å². The van der Waals surface area contributed by atoms with Crippen molar-refractivity contribution in [1.82, 2.24) is 25.9 Å². The minimum Gasteiger partial charge on any atom is -0.480 e. The van der Waals surface area contributed by atoms with E-state index in [1.165, 1.54) is 12.5 Å². The molecule has 2 rings (SSSR count). The topological polar surface area (TPSA) is 179 Å². The number of carbonyl (C=O) groups excluding carboxylic acids is 3. The van der Waals surface area contributed by atoms with Crippen LogP contribution in [0.5, 0.6) is 0 Å². The lowest BCUT2D eigenvalue weighted by molar-refractivity contribution is -0.142. The number of rotatable bonds is 14. The number of nitrogens with two attached hydrogens (primary N) is 1. The highest BCUT2D eigenvalue weighted by atomic mass is 32.1. The van der Waals surface area contributed by atoms with E-state index in [0.717, 1.165) is 5.56 Å². The third-order valence-corrected chi connectivity index (χ3v) is 5.75. The van der Waals surface area contributed by atoms with Gasteiger partial charge >= 0.3 is 5.97 Å². The second kappa shape index (κ2) is 14.2. The lowest BCUT2D eigenvalue weighted by atomic mass is 10.0. The Hall–Kier alpha value is -3.38. The van der Waals surface area contributed by atoms with Crippen LogP contribution >= 0.6 is 12.6 Å². The zero-order chi connectivity index (χ0) is 26.7. The Morgan fingerprint density at radius 3 is 2.14 bits per heavy atom. The predicted molar refractivity (Wildman–Crippen MR) is 137 cm³/mol. The molecule has 1 heterocycles. The predicted octanol–water partition coefficient (Wildman–Crippen LogP) is 0.0371. The van der Waals surface area contributed by atoms with Crippen molar-refractivity contribution < 1.29 is 24.3 Å². The number of H-pyrrole nitrogens is 1. The normalized spacial score (nSPS) is 14.4. The minimum atomic E-state index is -1.17. The third-order valence-electron chi connectivity index (χ3n) is 5.38. The van der Waals surface area contributed by atoms with Crippen LogP contribution in [0.2, 0.25) is 0 Å². The van der Waals surface area contributed by atoms with Crippen LogP contribution in [0.1, 0.15) is 31.5 Å². The average Bonchev–Trinajstić information content (AvgIpc) is 3.34. The van der Waals surface area contributed by atoms with E-state index in [9.17, 15) is 24.3 Å². The van der Waals surface area contributed by atoms with Gasteiger partial charge in [0.1, 0.15) is 18.1 Å². The van der Waals surface area contributed by atoms with Gasteiger partial charge in [0.05, 0.1) is 12.4 Å². The summed E-state index contributed by atoms with van der Waals surface area (Å²) < 4.78 is 0. The molecule has 36 heavy (non-hydrogen) atoms. The Labute approximate surface area is 215 Å². The van der Waals surface area contributed by atoms with Crippen molar-refractivity contribution >= 4 is 36.3 Å². The quantitative estimate of drug-likeness (QED) is 0.172. The lowest BCUT2D eigenvalue weighted by Crippen LogP contribution is -2.58. The lowest BCUT2D eigenvalue weighted by Gasteiger charge is -2.25. The number of hydrogen-bond donors (Lipinski definition) is 7. The smallest absolute Gasteiger partial charge is 0.326 e. The minimum absolute atomic E-state index is 0.0240. The maximum Gasteiger partial charge on any atom is 0.326 e. The van der Waals surface area contributed by atoms with E-state index in [0.29, 0.717) is 5.69 Å². The van der Waals surface area contributed by atoms with E-state index in [1.807, 2.05) is 44.2 Å². The molecule has 0 aliphatic heterocycles. The van der Waals surface area contributed by atoms with E-state index in [-0.39, 0.29) is 30.9 Å². The molecule has 0 bridgehead atoms. The van der Waals surface area contributed by atoms with Crippen molar-refractivity contribution in [2.75, 3.05) is 5.75 Å². The summed E-state index contributed by atoms with van der Waals surface area (Å²) in [4.78, 5) is 57.0. The number of carbonyl (C=O) groups is 4. The van der Waals surface area contributed by atoms with Crippen molar-refractivity contribution in [1.29, 1.82) is 0 Å². The Bertz CT molecular complexity index is 1000. The molecule has 2 aromatic rings. The van der Waals surface area contributed by atoms with Crippen molar-refractivity contribution in [2.45, 2.75) is 57.3 Å². The largest absolute Gasteiger partial charge is 0.480 e. The van der Waals surface area contributed by atoms with Crippen LogP contribution in [-0.2, 0) is 32.0 Å². The molecule has 0 saturated heterocycles. The number of amides is 3. The Morgan fingerprint density at radius 1 is 0.972 bits per heavy atom. The molecule has 0 fully saturated rings. The van der Waals surface area contributed by atoms with Gasteiger partial charge in [-0.3, -0.25) is 14.4 Å². The van der Waals surface area contributed by atoms with Gasteiger partial charge in [-0.2, -0.15) is 12.6 Å². The van der Waals surface area contributed by atoms with Gasteiger partial charge in [0, 0.05) is 24.1 Å². The van der Waals surface area contributed by atoms with Gasteiger partial charge in [-0.15, -0.1) is 0 Å². The first-order valence-electron chi connectivity index (χ1n) is 11.6. The molecule has 1 aromatic carbocycles. The molecule has 4 atom stereocenters. The number of aromatic nitrogens is 2. The highest BCUT2D eigenvalue weighted by Gasteiger charge is 2.30. The summed E-state index contributed by atoms with van der Waals surface area (Å²) in [6.07, 6.45) is 3.46. The summed E-state index contributed by atoms with van der Waals surface area (Å²) >= 11 is 4.17. The van der Waals surface area contributed by atoms with Crippen LogP contribution in [0, 0.1) is 5.92 Å². The van der Waals surface area contributed by atoms with E-state index in [2.05, 4.69) is 38.5 Å². The number of nitrogens with one attached hydrogen (secondary N) is 4. The molecule has 0 spiro atoms. The first-order chi connectivity index (χ1) is 17.1. The first kappa shape index (κ1) is 28.9. The molecular weight excluding hydrogens is 484 g/mol. The monoisotopic (exact) mass is 518 g/mol. The maximum absolute atomic E-state index is 13.0.